The maximum atomic E-state index is 11.1. The highest BCUT2D eigenvalue weighted by molar-refractivity contribution is 7.99. The van der Waals surface area contributed by atoms with Crippen molar-refractivity contribution < 1.29 is 4.92 Å². The van der Waals surface area contributed by atoms with Crippen LogP contribution in [0.2, 0.25) is 5.02 Å². The van der Waals surface area contributed by atoms with Crippen molar-refractivity contribution in [1.29, 1.82) is 0 Å². The summed E-state index contributed by atoms with van der Waals surface area (Å²) in [6.07, 6.45) is 6.56. The predicted octanol–water partition coefficient (Wildman–Crippen LogP) is 4.33. The fraction of sp³-hybridized carbons (Fsp3) is 0.538. The van der Waals surface area contributed by atoms with Crippen molar-refractivity contribution >= 4 is 34.7 Å². The van der Waals surface area contributed by atoms with Gasteiger partial charge in [-0.3, -0.25) is 10.1 Å². The van der Waals surface area contributed by atoms with Crippen molar-refractivity contribution in [2.24, 2.45) is 0 Å². The normalized spacial score (nSPS) is 23.1. The summed E-state index contributed by atoms with van der Waals surface area (Å²) in [5.41, 5.74) is 0.515. The Hall–Kier alpha value is -0.940. The van der Waals surface area contributed by atoms with Crippen molar-refractivity contribution in [3.8, 4) is 0 Å². The number of halogens is 1. The Morgan fingerprint density at radius 3 is 2.63 bits per heavy atom. The molecule has 0 radical (unpaired) electrons. The average molecular weight is 301 g/mol. The molecule has 1 saturated carbocycles. The molecule has 0 aliphatic heterocycles. The maximum absolute atomic E-state index is 11.1. The fourth-order valence-electron chi connectivity index (χ4n) is 2.48. The van der Waals surface area contributed by atoms with Gasteiger partial charge in [-0.2, -0.15) is 11.8 Å². The number of rotatable bonds is 4. The number of nitro groups is 1. The second-order valence-electron chi connectivity index (χ2n) is 4.75. The van der Waals surface area contributed by atoms with Gasteiger partial charge in [0.1, 0.15) is 10.7 Å². The van der Waals surface area contributed by atoms with Gasteiger partial charge in [-0.25, -0.2) is 0 Å². The molecule has 0 amide bonds. The van der Waals surface area contributed by atoms with Crippen molar-refractivity contribution in [3.63, 3.8) is 0 Å². The molecule has 0 spiro atoms. The first-order valence-corrected chi connectivity index (χ1v) is 8.00. The highest BCUT2D eigenvalue weighted by atomic mass is 35.5. The summed E-state index contributed by atoms with van der Waals surface area (Å²) in [5, 5.41) is 15.3. The SMILES string of the molecule is CSC1CCC(Nc2cccc(Cl)c2[N+](=O)[O-])CC1. The number of hydrogen-bond acceptors (Lipinski definition) is 4. The monoisotopic (exact) mass is 300 g/mol. The van der Waals surface area contributed by atoms with Gasteiger partial charge in [0.05, 0.1) is 4.92 Å². The standard InChI is InChI=1S/C13H17ClN2O2S/c1-19-10-7-5-9(6-8-10)15-12-4-2-3-11(14)13(12)16(17)18/h2-4,9-10,15H,5-8H2,1H3. The molecule has 0 unspecified atom stereocenters. The first-order valence-electron chi connectivity index (χ1n) is 6.34. The van der Waals surface area contributed by atoms with Crippen LogP contribution in [0, 0.1) is 10.1 Å². The lowest BCUT2D eigenvalue weighted by atomic mass is 9.94. The van der Waals surface area contributed by atoms with Gasteiger partial charge in [0.15, 0.2) is 0 Å². The van der Waals surface area contributed by atoms with Gasteiger partial charge in [-0.05, 0) is 44.1 Å². The minimum atomic E-state index is -0.418. The van der Waals surface area contributed by atoms with Crippen LogP contribution in [0.25, 0.3) is 0 Å². The molecule has 0 heterocycles. The number of nitrogens with one attached hydrogen (secondary N) is 1. The van der Waals surface area contributed by atoms with Gasteiger partial charge in [0.2, 0.25) is 0 Å². The number of nitro benzene ring substituents is 1. The molecule has 4 nitrogen and oxygen atoms in total. The van der Waals surface area contributed by atoms with E-state index in [0.29, 0.717) is 11.7 Å². The van der Waals surface area contributed by atoms with E-state index in [4.69, 9.17) is 11.6 Å². The minimum Gasteiger partial charge on any atom is -0.377 e. The molecule has 1 aromatic carbocycles. The van der Waals surface area contributed by atoms with Crippen molar-refractivity contribution in [2.75, 3.05) is 11.6 Å². The zero-order chi connectivity index (χ0) is 13.8. The first-order chi connectivity index (χ1) is 9.11. The molecule has 6 heteroatoms. The quantitative estimate of drug-likeness (QED) is 0.664. The van der Waals surface area contributed by atoms with Crippen LogP contribution in [0.4, 0.5) is 11.4 Å². The molecular weight excluding hydrogens is 284 g/mol. The Labute approximate surface area is 122 Å². The molecule has 1 aromatic rings. The van der Waals surface area contributed by atoms with E-state index in [1.165, 1.54) is 0 Å². The number of thioether (sulfide) groups is 1. The van der Waals surface area contributed by atoms with Crippen molar-refractivity contribution in [3.05, 3.63) is 33.3 Å². The smallest absolute Gasteiger partial charge is 0.310 e. The number of para-hydroxylation sites is 1. The van der Waals surface area contributed by atoms with Gasteiger partial charge in [-0.1, -0.05) is 17.7 Å². The van der Waals surface area contributed by atoms with E-state index in [1.807, 2.05) is 11.8 Å². The summed E-state index contributed by atoms with van der Waals surface area (Å²) in [4.78, 5) is 10.6. The van der Waals surface area contributed by atoms with E-state index in [1.54, 1.807) is 18.2 Å². The Balaban J connectivity index is 2.08. The van der Waals surface area contributed by atoms with Crippen LogP contribution in [0.15, 0.2) is 18.2 Å². The summed E-state index contributed by atoms with van der Waals surface area (Å²) in [7, 11) is 0. The van der Waals surface area contributed by atoms with Gasteiger partial charge >= 0.3 is 5.69 Å². The van der Waals surface area contributed by atoms with Crippen LogP contribution in [-0.4, -0.2) is 22.5 Å². The summed E-state index contributed by atoms with van der Waals surface area (Å²) in [6, 6.07) is 5.33. The molecule has 19 heavy (non-hydrogen) atoms. The highest BCUT2D eigenvalue weighted by Crippen LogP contribution is 2.35. The first kappa shape index (κ1) is 14.5. The Bertz CT molecular complexity index is 462. The number of nitrogens with zero attached hydrogens (tertiary/aromatic N) is 1. The molecule has 1 aliphatic carbocycles. The Morgan fingerprint density at radius 1 is 1.37 bits per heavy atom. The third kappa shape index (κ3) is 3.54. The molecule has 2 rings (SSSR count). The Morgan fingerprint density at radius 2 is 2.05 bits per heavy atom. The van der Waals surface area contributed by atoms with E-state index in [-0.39, 0.29) is 10.7 Å². The second kappa shape index (κ2) is 6.48. The number of benzene rings is 1. The molecule has 0 bridgehead atoms. The van der Waals surface area contributed by atoms with Crippen LogP contribution in [0.3, 0.4) is 0 Å². The lowest BCUT2D eigenvalue weighted by Crippen LogP contribution is -2.27. The number of hydrogen-bond donors (Lipinski definition) is 1. The highest BCUT2D eigenvalue weighted by Gasteiger charge is 2.24. The van der Waals surface area contributed by atoms with Gasteiger partial charge in [-0.15, -0.1) is 0 Å². The van der Waals surface area contributed by atoms with E-state index >= 15 is 0 Å². The molecule has 0 aromatic heterocycles. The van der Waals surface area contributed by atoms with Crippen LogP contribution in [-0.2, 0) is 0 Å². The minimum absolute atomic E-state index is 0.0174. The third-order valence-corrected chi connectivity index (χ3v) is 4.98. The zero-order valence-corrected chi connectivity index (χ0v) is 12.3. The average Bonchev–Trinajstić information content (AvgIpc) is 2.39. The molecule has 104 valence electrons. The summed E-state index contributed by atoms with van der Waals surface area (Å²) in [5.74, 6) is 0. The van der Waals surface area contributed by atoms with Gasteiger partial charge in [0.25, 0.3) is 0 Å². The largest absolute Gasteiger partial charge is 0.377 e. The molecule has 1 N–H and O–H groups in total. The summed E-state index contributed by atoms with van der Waals surface area (Å²) < 4.78 is 0. The number of anilines is 1. The Kier molecular flexibility index (Phi) is 4.93. The molecule has 1 aliphatic rings. The molecule has 0 saturated heterocycles. The van der Waals surface area contributed by atoms with Crippen molar-refractivity contribution in [2.45, 2.75) is 37.0 Å². The van der Waals surface area contributed by atoms with E-state index in [0.717, 1.165) is 30.9 Å². The predicted molar refractivity (Wildman–Crippen MR) is 81.3 cm³/mol. The van der Waals surface area contributed by atoms with E-state index in [9.17, 15) is 10.1 Å². The van der Waals surface area contributed by atoms with Crippen LogP contribution in [0.1, 0.15) is 25.7 Å². The topological polar surface area (TPSA) is 55.2 Å². The van der Waals surface area contributed by atoms with Crippen LogP contribution >= 0.6 is 23.4 Å². The van der Waals surface area contributed by atoms with Crippen LogP contribution in [0.5, 0.6) is 0 Å². The summed E-state index contributed by atoms with van der Waals surface area (Å²) in [6.45, 7) is 0. The molecule has 1 fully saturated rings. The van der Waals surface area contributed by atoms with Gasteiger partial charge < -0.3 is 5.32 Å². The summed E-state index contributed by atoms with van der Waals surface area (Å²) >= 11 is 7.81. The van der Waals surface area contributed by atoms with Crippen molar-refractivity contribution in [1.82, 2.24) is 0 Å². The zero-order valence-electron chi connectivity index (χ0n) is 10.8. The fourth-order valence-corrected chi connectivity index (χ4v) is 3.47. The lowest BCUT2D eigenvalue weighted by molar-refractivity contribution is -0.383. The maximum Gasteiger partial charge on any atom is 0.310 e. The van der Waals surface area contributed by atoms with E-state index < -0.39 is 4.92 Å². The lowest BCUT2D eigenvalue weighted by Gasteiger charge is -2.28. The van der Waals surface area contributed by atoms with Gasteiger partial charge in [0, 0.05) is 11.3 Å². The molecular formula is C13H17ClN2O2S. The van der Waals surface area contributed by atoms with E-state index in [2.05, 4.69) is 11.6 Å². The second-order valence-corrected chi connectivity index (χ2v) is 6.29. The molecule has 0 atom stereocenters. The third-order valence-electron chi connectivity index (χ3n) is 3.54. The van der Waals surface area contributed by atoms with Crippen LogP contribution < -0.4 is 5.32 Å².